The van der Waals surface area contributed by atoms with E-state index in [1.54, 1.807) is 14.2 Å². The molecule has 3 rings (SSSR count). The van der Waals surface area contributed by atoms with Gasteiger partial charge in [-0.25, -0.2) is 0 Å². The van der Waals surface area contributed by atoms with Crippen molar-refractivity contribution in [3.63, 3.8) is 0 Å². The first kappa shape index (κ1) is 17.4. The molecule has 0 saturated carbocycles. The van der Waals surface area contributed by atoms with E-state index < -0.39 is 0 Å². The van der Waals surface area contributed by atoms with Gasteiger partial charge in [0.15, 0.2) is 0 Å². The fourth-order valence-electron chi connectivity index (χ4n) is 3.58. The van der Waals surface area contributed by atoms with Crippen LogP contribution in [-0.4, -0.2) is 25.3 Å². The van der Waals surface area contributed by atoms with Crippen LogP contribution in [0.4, 0.5) is 0 Å². The molecule has 2 aromatic carbocycles. The summed E-state index contributed by atoms with van der Waals surface area (Å²) in [5.41, 5.74) is 11.2. The standard InChI is InChI=1S/C21H26N2O2/c1-14-19(18-7-5-6-8-20(18)23(14)2)11-15(13-22)17-10-9-16(24-3)12-21(17)25-4/h5-10,12,15H,11,13,22H2,1-4H3. The van der Waals surface area contributed by atoms with E-state index in [-0.39, 0.29) is 5.92 Å². The van der Waals surface area contributed by atoms with E-state index >= 15 is 0 Å². The van der Waals surface area contributed by atoms with E-state index in [1.807, 2.05) is 12.1 Å². The lowest BCUT2D eigenvalue weighted by molar-refractivity contribution is 0.388. The molecule has 0 aliphatic carbocycles. The number of rotatable bonds is 6. The van der Waals surface area contributed by atoms with Gasteiger partial charge in [0.05, 0.1) is 14.2 Å². The van der Waals surface area contributed by atoms with Crippen molar-refractivity contribution in [3.8, 4) is 11.5 Å². The molecule has 0 aliphatic heterocycles. The van der Waals surface area contributed by atoms with Gasteiger partial charge in [0.2, 0.25) is 0 Å². The Labute approximate surface area is 149 Å². The fraction of sp³-hybridized carbons (Fsp3) is 0.333. The van der Waals surface area contributed by atoms with Crippen LogP contribution in [0.5, 0.6) is 11.5 Å². The first-order valence-electron chi connectivity index (χ1n) is 8.55. The van der Waals surface area contributed by atoms with E-state index in [0.717, 1.165) is 23.5 Å². The molecule has 4 heteroatoms. The van der Waals surface area contributed by atoms with Crippen molar-refractivity contribution in [1.82, 2.24) is 4.57 Å². The molecule has 0 amide bonds. The third kappa shape index (κ3) is 3.10. The van der Waals surface area contributed by atoms with Crippen molar-refractivity contribution in [2.75, 3.05) is 20.8 Å². The van der Waals surface area contributed by atoms with Gasteiger partial charge in [-0.1, -0.05) is 24.3 Å². The Morgan fingerprint density at radius 3 is 2.52 bits per heavy atom. The van der Waals surface area contributed by atoms with Crippen LogP contribution in [0.3, 0.4) is 0 Å². The molecule has 0 spiro atoms. The maximum Gasteiger partial charge on any atom is 0.126 e. The lowest BCUT2D eigenvalue weighted by Crippen LogP contribution is -2.16. The maximum atomic E-state index is 6.15. The lowest BCUT2D eigenvalue weighted by atomic mass is 9.90. The third-order valence-electron chi connectivity index (χ3n) is 5.15. The molecule has 1 aromatic heterocycles. The molecule has 4 nitrogen and oxygen atoms in total. The highest BCUT2D eigenvalue weighted by atomic mass is 16.5. The van der Waals surface area contributed by atoms with Crippen LogP contribution >= 0.6 is 0 Å². The monoisotopic (exact) mass is 338 g/mol. The van der Waals surface area contributed by atoms with Crippen LogP contribution in [0.25, 0.3) is 10.9 Å². The van der Waals surface area contributed by atoms with E-state index in [2.05, 4.69) is 48.9 Å². The zero-order valence-electron chi connectivity index (χ0n) is 15.4. The van der Waals surface area contributed by atoms with E-state index in [4.69, 9.17) is 15.2 Å². The van der Waals surface area contributed by atoms with Crippen molar-refractivity contribution < 1.29 is 9.47 Å². The molecule has 0 radical (unpaired) electrons. The highest BCUT2D eigenvalue weighted by Gasteiger charge is 2.20. The van der Waals surface area contributed by atoms with Gasteiger partial charge in [-0.05, 0) is 43.1 Å². The van der Waals surface area contributed by atoms with Crippen LogP contribution in [0.1, 0.15) is 22.7 Å². The second-order valence-electron chi connectivity index (χ2n) is 6.38. The van der Waals surface area contributed by atoms with Crippen LogP contribution in [0.15, 0.2) is 42.5 Å². The third-order valence-corrected chi connectivity index (χ3v) is 5.15. The summed E-state index contributed by atoms with van der Waals surface area (Å²) < 4.78 is 13.2. The van der Waals surface area contributed by atoms with Crippen molar-refractivity contribution in [1.29, 1.82) is 0 Å². The molecule has 132 valence electrons. The van der Waals surface area contributed by atoms with E-state index in [0.29, 0.717) is 6.54 Å². The number of fused-ring (bicyclic) bond motifs is 1. The Balaban J connectivity index is 2.03. The average molecular weight is 338 g/mol. The van der Waals surface area contributed by atoms with Gasteiger partial charge in [-0.2, -0.15) is 0 Å². The highest BCUT2D eigenvalue weighted by molar-refractivity contribution is 5.85. The zero-order chi connectivity index (χ0) is 18.0. The SMILES string of the molecule is COc1ccc(C(CN)Cc2c(C)n(C)c3ccccc23)c(OC)c1. The van der Waals surface area contributed by atoms with Gasteiger partial charge in [-0.15, -0.1) is 0 Å². The molecule has 0 saturated heterocycles. The highest BCUT2D eigenvalue weighted by Crippen LogP contribution is 2.35. The van der Waals surface area contributed by atoms with E-state index in [9.17, 15) is 0 Å². The zero-order valence-corrected chi connectivity index (χ0v) is 15.4. The van der Waals surface area contributed by atoms with Crippen LogP contribution < -0.4 is 15.2 Å². The minimum Gasteiger partial charge on any atom is -0.497 e. The molecular formula is C21H26N2O2. The number of benzene rings is 2. The molecule has 3 aromatic rings. The number of ether oxygens (including phenoxy) is 2. The fourth-order valence-corrected chi connectivity index (χ4v) is 3.58. The van der Waals surface area contributed by atoms with Gasteiger partial charge in [0.25, 0.3) is 0 Å². The second-order valence-corrected chi connectivity index (χ2v) is 6.38. The van der Waals surface area contributed by atoms with Crippen molar-refractivity contribution in [2.24, 2.45) is 12.8 Å². The number of hydrogen-bond donors (Lipinski definition) is 1. The summed E-state index contributed by atoms with van der Waals surface area (Å²) in [6, 6.07) is 14.5. The molecular weight excluding hydrogens is 312 g/mol. The smallest absolute Gasteiger partial charge is 0.126 e. The number of aromatic nitrogens is 1. The number of aryl methyl sites for hydroxylation is 1. The molecule has 1 heterocycles. The number of hydrogen-bond acceptors (Lipinski definition) is 3. The maximum absolute atomic E-state index is 6.15. The quantitative estimate of drug-likeness (QED) is 0.744. The van der Waals surface area contributed by atoms with Crippen molar-refractivity contribution >= 4 is 10.9 Å². The van der Waals surface area contributed by atoms with E-state index in [1.165, 1.54) is 22.2 Å². The normalized spacial score (nSPS) is 12.4. The topological polar surface area (TPSA) is 49.4 Å². The molecule has 0 bridgehead atoms. The molecule has 1 atom stereocenters. The minimum absolute atomic E-state index is 0.186. The average Bonchev–Trinajstić information content (AvgIpc) is 2.90. The van der Waals surface area contributed by atoms with Crippen LogP contribution in [0.2, 0.25) is 0 Å². The predicted molar refractivity (Wildman–Crippen MR) is 103 cm³/mol. The van der Waals surface area contributed by atoms with Crippen molar-refractivity contribution in [3.05, 3.63) is 59.3 Å². The van der Waals surface area contributed by atoms with Gasteiger partial charge in [0, 0.05) is 35.6 Å². The summed E-state index contributed by atoms with van der Waals surface area (Å²) >= 11 is 0. The van der Waals surface area contributed by atoms with Crippen LogP contribution in [0, 0.1) is 6.92 Å². The summed E-state index contributed by atoms with van der Waals surface area (Å²) in [4.78, 5) is 0. The summed E-state index contributed by atoms with van der Waals surface area (Å²) in [5.74, 6) is 1.80. The number of nitrogens with two attached hydrogens (primary N) is 1. The van der Waals surface area contributed by atoms with Gasteiger partial charge in [0.1, 0.15) is 11.5 Å². The molecule has 2 N–H and O–H groups in total. The van der Waals surface area contributed by atoms with Gasteiger partial charge < -0.3 is 19.8 Å². The first-order valence-corrected chi connectivity index (χ1v) is 8.55. The Kier molecular flexibility index (Phi) is 5.00. The Morgan fingerprint density at radius 1 is 1.08 bits per heavy atom. The molecule has 25 heavy (non-hydrogen) atoms. The molecule has 0 fully saturated rings. The van der Waals surface area contributed by atoms with Gasteiger partial charge in [-0.3, -0.25) is 0 Å². The predicted octanol–water partition coefficient (Wildman–Crippen LogP) is 3.79. The first-order chi connectivity index (χ1) is 12.1. The Hall–Kier alpha value is -2.46. The van der Waals surface area contributed by atoms with Crippen LogP contribution in [-0.2, 0) is 13.5 Å². The number of nitrogens with zero attached hydrogens (tertiary/aromatic N) is 1. The number of methoxy groups -OCH3 is 2. The molecule has 0 aliphatic rings. The largest absolute Gasteiger partial charge is 0.497 e. The summed E-state index contributed by atoms with van der Waals surface area (Å²) in [6.07, 6.45) is 0.881. The Bertz CT molecular complexity index is 883. The lowest BCUT2D eigenvalue weighted by Gasteiger charge is -2.19. The summed E-state index contributed by atoms with van der Waals surface area (Å²) in [6.45, 7) is 2.74. The van der Waals surface area contributed by atoms with Crippen molar-refractivity contribution in [2.45, 2.75) is 19.3 Å². The summed E-state index contributed by atoms with van der Waals surface area (Å²) in [7, 11) is 5.47. The minimum atomic E-state index is 0.186. The number of para-hydroxylation sites is 1. The Morgan fingerprint density at radius 2 is 1.84 bits per heavy atom. The second kappa shape index (κ2) is 7.19. The summed E-state index contributed by atoms with van der Waals surface area (Å²) in [5, 5.41) is 1.30. The molecule has 1 unspecified atom stereocenters. The van der Waals surface area contributed by atoms with Gasteiger partial charge >= 0.3 is 0 Å².